The third-order valence-electron chi connectivity index (χ3n) is 4.13. The average Bonchev–Trinajstić information content (AvgIpc) is 3.29. The van der Waals surface area contributed by atoms with Gasteiger partial charge in [-0.1, -0.05) is 6.92 Å². The van der Waals surface area contributed by atoms with Gasteiger partial charge in [-0.15, -0.1) is 0 Å². The van der Waals surface area contributed by atoms with Crippen LogP contribution in [0, 0.1) is 5.92 Å². The number of esters is 1. The standard InChI is InChI=1S/C19H18O7/c1-12(6-7-21-13-2-4-15-17(8-13)24-10-22-15)19(20)26-14-3-5-16-18(9-14)25-11-23-16/h2-5,8-9,12H,6-7,10-11H2,1H3. The van der Waals surface area contributed by atoms with Crippen molar-refractivity contribution < 1.29 is 33.2 Å². The van der Waals surface area contributed by atoms with Gasteiger partial charge < -0.3 is 28.4 Å². The molecule has 2 aliphatic rings. The number of hydrogen-bond acceptors (Lipinski definition) is 7. The lowest BCUT2D eigenvalue weighted by molar-refractivity contribution is -0.138. The van der Waals surface area contributed by atoms with Crippen molar-refractivity contribution in [2.75, 3.05) is 20.2 Å². The maximum absolute atomic E-state index is 12.2. The number of rotatable bonds is 6. The fourth-order valence-electron chi connectivity index (χ4n) is 2.60. The number of benzene rings is 2. The first-order valence-electron chi connectivity index (χ1n) is 8.33. The molecule has 7 nitrogen and oxygen atoms in total. The van der Waals surface area contributed by atoms with E-state index in [1.54, 1.807) is 37.3 Å². The smallest absolute Gasteiger partial charge is 0.314 e. The van der Waals surface area contributed by atoms with Crippen molar-refractivity contribution in [2.45, 2.75) is 13.3 Å². The summed E-state index contributed by atoms with van der Waals surface area (Å²) >= 11 is 0. The second kappa shape index (κ2) is 7.03. The summed E-state index contributed by atoms with van der Waals surface area (Å²) in [5.41, 5.74) is 0. The molecule has 2 aliphatic heterocycles. The lowest BCUT2D eigenvalue weighted by atomic mass is 10.1. The molecular weight excluding hydrogens is 340 g/mol. The van der Waals surface area contributed by atoms with Gasteiger partial charge in [0.2, 0.25) is 13.6 Å². The summed E-state index contributed by atoms with van der Waals surface area (Å²) < 4.78 is 32.2. The molecule has 0 saturated heterocycles. The minimum atomic E-state index is -0.321. The van der Waals surface area contributed by atoms with E-state index in [2.05, 4.69) is 0 Å². The SMILES string of the molecule is CC(CCOc1ccc2c(c1)OCO2)C(=O)Oc1ccc2c(c1)OCO2. The molecule has 4 rings (SSSR count). The Morgan fingerprint density at radius 1 is 0.923 bits per heavy atom. The van der Waals surface area contributed by atoms with Gasteiger partial charge in [-0.25, -0.2) is 0 Å². The fraction of sp³-hybridized carbons (Fsp3) is 0.316. The predicted molar refractivity (Wildman–Crippen MR) is 90.0 cm³/mol. The minimum Gasteiger partial charge on any atom is -0.493 e. The van der Waals surface area contributed by atoms with Gasteiger partial charge in [-0.05, 0) is 30.7 Å². The van der Waals surface area contributed by atoms with Gasteiger partial charge in [-0.2, -0.15) is 0 Å². The van der Waals surface area contributed by atoms with Gasteiger partial charge in [0, 0.05) is 12.1 Å². The molecule has 0 saturated carbocycles. The summed E-state index contributed by atoms with van der Waals surface area (Å²) in [5, 5.41) is 0. The Morgan fingerprint density at radius 3 is 2.19 bits per heavy atom. The first kappa shape index (κ1) is 16.4. The monoisotopic (exact) mass is 358 g/mol. The van der Waals surface area contributed by atoms with E-state index < -0.39 is 0 Å². The Hall–Kier alpha value is -3.09. The van der Waals surface area contributed by atoms with E-state index in [0.29, 0.717) is 47.5 Å². The quantitative estimate of drug-likeness (QED) is 0.580. The highest BCUT2D eigenvalue weighted by atomic mass is 16.7. The number of carbonyl (C=O) groups excluding carboxylic acids is 1. The van der Waals surface area contributed by atoms with Crippen molar-refractivity contribution in [1.82, 2.24) is 0 Å². The molecule has 0 fully saturated rings. The van der Waals surface area contributed by atoms with Crippen LogP contribution in [0.2, 0.25) is 0 Å². The zero-order chi connectivity index (χ0) is 17.9. The number of ether oxygens (including phenoxy) is 6. The normalized spacial score (nSPS) is 14.8. The van der Waals surface area contributed by atoms with Crippen LogP contribution in [0.5, 0.6) is 34.5 Å². The second-order valence-electron chi connectivity index (χ2n) is 5.99. The maximum atomic E-state index is 12.2. The first-order valence-corrected chi connectivity index (χ1v) is 8.33. The number of carbonyl (C=O) groups is 1. The summed E-state index contributed by atoms with van der Waals surface area (Å²) in [7, 11) is 0. The molecule has 1 atom stereocenters. The van der Waals surface area contributed by atoms with E-state index in [9.17, 15) is 4.79 Å². The van der Waals surface area contributed by atoms with E-state index in [-0.39, 0.29) is 25.5 Å². The van der Waals surface area contributed by atoms with Crippen LogP contribution in [0.15, 0.2) is 36.4 Å². The summed E-state index contributed by atoms with van der Waals surface area (Å²) in [6.45, 7) is 2.59. The topological polar surface area (TPSA) is 72.5 Å². The third kappa shape index (κ3) is 3.46. The highest BCUT2D eigenvalue weighted by Gasteiger charge is 2.19. The van der Waals surface area contributed by atoms with Crippen LogP contribution in [-0.2, 0) is 4.79 Å². The van der Waals surface area contributed by atoms with Crippen molar-refractivity contribution in [3.63, 3.8) is 0 Å². The molecule has 0 aliphatic carbocycles. The molecule has 0 spiro atoms. The summed E-state index contributed by atoms with van der Waals surface area (Å²) in [6, 6.07) is 10.4. The molecule has 0 aromatic heterocycles. The van der Waals surface area contributed by atoms with Crippen LogP contribution in [0.1, 0.15) is 13.3 Å². The molecule has 26 heavy (non-hydrogen) atoms. The zero-order valence-electron chi connectivity index (χ0n) is 14.2. The highest BCUT2D eigenvalue weighted by Crippen LogP contribution is 2.36. The Kier molecular flexibility index (Phi) is 4.43. The molecule has 2 heterocycles. The van der Waals surface area contributed by atoms with Crippen molar-refractivity contribution in [3.05, 3.63) is 36.4 Å². The van der Waals surface area contributed by atoms with Gasteiger partial charge in [0.05, 0.1) is 12.5 Å². The molecule has 0 bridgehead atoms. The Balaban J connectivity index is 1.26. The van der Waals surface area contributed by atoms with Crippen LogP contribution in [0.25, 0.3) is 0 Å². The van der Waals surface area contributed by atoms with E-state index in [4.69, 9.17) is 28.4 Å². The maximum Gasteiger partial charge on any atom is 0.314 e. The Morgan fingerprint density at radius 2 is 1.50 bits per heavy atom. The van der Waals surface area contributed by atoms with Gasteiger partial charge in [0.25, 0.3) is 0 Å². The van der Waals surface area contributed by atoms with Crippen LogP contribution < -0.4 is 28.4 Å². The van der Waals surface area contributed by atoms with Crippen molar-refractivity contribution in [1.29, 1.82) is 0 Å². The molecule has 0 N–H and O–H groups in total. The molecule has 7 heteroatoms. The summed E-state index contributed by atoms with van der Waals surface area (Å²) in [5.74, 6) is 3.07. The van der Waals surface area contributed by atoms with E-state index in [0.717, 1.165) is 0 Å². The Labute approximate surface area is 150 Å². The second-order valence-corrected chi connectivity index (χ2v) is 5.99. The third-order valence-corrected chi connectivity index (χ3v) is 4.13. The zero-order valence-corrected chi connectivity index (χ0v) is 14.2. The number of hydrogen-bond donors (Lipinski definition) is 0. The first-order chi connectivity index (χ1) is 12.7. The van der Waals surface area contributed by atoms with Gasteiger partial charge in [-0.3, -0.25) is 4.79 Å². The van der Waals surface area contributed by atoms with Crippen molar-refractivity contribution in [3.8, 4) is 34.5 Å². The molecular formula is C19H18O7. The van der Waals surface area contributed by atoms with Crippen LogP contribution in [0.3, 0.4) is 0 Å². The summed E-state index contributed by atoms with van der Waals surface area (Å²) in [6.07, 6.45) is 0.526. The van der Waals surface area contributed by atoms with Crippen molar-refractivity contribution >= 4 is 5.97 Å². The molecule has 2 aromatic rings. The molecule has 0 amide bonds. The van der Waals surface area contributed by atoms with Gasteiger partial charge in [0.1, 0.15) is 11.5 Å². The lowest BCUT2D eigenvalue weighted by Crippen LogP contribution is -2.20. The molecule has 0 radical (unpaired) electrons. The predicted octanol–water partition coefficient (Wildman–Crippen LogP) is 3.15. The van der Waals surface area contributed by atoms with Crippen molar-refractivity contribution in [2.24, 2.45) is 5.92 Å². The Bertz CT molecular complexity index is 818. The van der Waals surface area contributed by atoms with Crippen LogP contribution in [-0.4, -0.2) is 26.2 Å². The lowest BCUT2D eigenvalue weighted by Gasteiger charge is -2.12. The van der Waals surface area contributed by atoms with Gasteiger partial charge >= 0.3 is 5.97 Å². The minimum absolute atomic E-state index is 0.181. The van der Waals surface area contributed by atoms with E-state index in [1.165, 1.54) is 0 Å². The highest BCUT2D eigenvalue weighted by molar-refractivity contribution is 5.75. The van der Waals surface area contributed by atoms with Gasteiger partial charge in [0.15, 0.2) is 23.0 Å². The molecule has 1 unspecified atom stereocenters. The number of fused-ring (bicyclic) bond motifs is 2. The summed E-state index contributed by atoms with van der Waals surface area (Å²) in [4.78, 5) is 12.2. The molecule has 136 valence electrons. The molecule has 2 aromatic carbocycles. The van der Waals surface area contributed by atoms with E-state index in [1.807, 2.05) is 6.07 Å². The van der Waals surface area contributed by atoms with Crippen LogP contribution >= 0.6 is 0 Å². The van der Waals surface area contributed by atoms with E-state index >= 15 is 0 Å². The fourth-order valence-corrected chi connectivity index (χ4v) is 2.60. The van der Waals surface area contributed by atoms with Crippen LogP contribution in [0.4, 0.5) is 0 Å². The largest absolute Gasteiger partial charge is 0.493 e. The average molecular weight is 358 g/mol.